The lowest BCUT2D eigenvalue weighted by Gasteiger charge is -2.26. The average molecular weight is 275 g/mol. The van der Waals surface area contributed by atoms with Crippen molar-refractivity contribution < 1.29 is 14.4 Å². The number of hydrogen-bond donors (Lipinski definition) is 0. The fourth-order valence-corrected chi connectivity index (χ4v) is 3.93. The standard InChI is InChI=1S/C16H21NO3/c1-10-7-11-9-14(18)13-3-2-6-17(16(20)8-10)15(19)5-4-12(11)13/h10-11H,2-9H2,1H3. The van der Waals surface area contributed by atoms with Gasteiger partial charge in [0.1, 0.15) is 0 Å². The van der Waals surface area contributed by atoms with Crippen molar-refractivity contribution >= 4 is 17.6 Å². The van der Waals surface area contributed by atoms with Crippen LogP contribution in [0.5, 0.6) is 0 Å². The molecule has 0 aromatic carbocycles. The fraction of sp³-hybridized carbons (Fsp3) is 0.688. The smallest absolute Gasteiger partial charge is 0.229 e. The third-order valence-corrected chi connectivity index (χ3v) is 4.88. The lowest BCUT2D eigenvalue weighted by molar-refractivity contribution is -0.145. The Bertz CT molecular complexity index is 506. The van der Waals surface area contributed by atoms with Crippen LogP contribution in [0.3, 0.4) is 0 Å². The summed E-state index contributed by atoms with van der Waals surface area (Å²) in [4.78, 5) is 38.1. The first-order valence-electron chi connectivity index (χ1n) is 7.64. The SMILES string of the molecule is CC1CC(=O)N2CCCC3=C(CCC2=O)C(CC3=O)C1. The molecule has 1 saturated heterocycles. The van der Waals surface area contributed by atoms with E-state index in [1.807, 2.05) is 0 Å². The van der Waals surface area contributed by atoms with E-state index in [1.54, 1.807) is 0 Å². The molecule has 4 nitrogen and oxygen atoms in total. The van der Waals surface area contributed by atoms with Gasteiger partial charge in [-0.25, -0.2) is 0 Å². The summed E-state index contributed by atoms with van der Waals surface area (Å²) < 4.78 is 0. The van der Waals surface area contributed by atoms with Gasteiger partial charge in [0.05, 0.1) is 0 Å². The second kappa shape index (κ2) is 5.15. The summed E-state index contributed by atoms with van der Waals surface area (Å²) in [7, 11) is 0. The van der Waals surface area contributed by atoms with Gasteiger partial charge >= 0.3 is 0 Å². The van der Waals surface area contributed by atoms with E-state index in [2.05, 4.69) is 6.92 Å². The number of carbonyl (C=O) groups is 3. The highest BCUT2D eigenvalue weighted by atomic mass is 16.2. The highest BCUT2D eigenvalue weighted by Crippen LogP contribution is 2.40. The average Bonchev–Trinajstić information content (AvgIpc) is 2.68. The van der Waals surface area contributed by atoms with Crippen molar-refractivity contribution in [3.63, 3.8) is 0 Å². The zero-order chi connectivity index (χ0) is 14.3. The molecular formula is C16H21NO3. The quantitative estimate of drug-likeness (QED) is 0.637. The first-order chi connectivity index (χ1) is 9.56. The van der Waals surface area contributed by atoms with Gasteiger partial charge in [0, 0.05) is 25.8 Å². The molecule has 0 radical (unpaired) electrons. The van der Waals surface area contributed by atoms with Crippen molar-refractivity contribution in [2.24, 2.45) is 11.8 Å². The van der Waals surface area contributed by atoms with Crippen molar-refractivity contribution in [3.8, 4) is 0 Å². The summed E-state index contributed by atoms with van der Waals surface area (Å²) in [5.41, 5.74) is 2.21. The van der Waals surface area contributed by atoms with Gasteiger partial charge in [-0.2, -0.15) is 0 Å². The van der Waals surface area contributed by atoms with Gasteiger partial charge in [-0.05, 0) is 43.1 Å². The minimum absolute atomic E-state index is 0.0277. The van der Waals surface area contributed by atoms with E-state index < -0.39 is 0 Å². The lowest BCUT2D eigenvalue weighted by atomic mass is 9.85. The maximum Gasteiger partial charge on any atom is 0.229 e. The number of amides is 2. The Morgan fingerprint density at radius 1 is 1.00 bits per heavy atom. The van der Waals surface area contributed by atoms with Crippen molar-refractivity contribution in [2.75, 3.05) is 6.54 Å². The number of ketones is 1. The molecular weight excluding hydrogens is 254 g/mol. The van der Waals surface area contributed by atoms with E-state index in [0.717, 1.165) is 24.8 Å². The number of carbonyl (C=O) groups excluding carboxylic acids is 3. The summed E-state index contributed by atoms with van der Waals surface area (Å²) in [6.07, 6.45) is 4.43. The molecule has 4 heteroatoms. The van der Waals surface area contributed by atoms with Gasteiger partial charge in [0.25, 0.3) is 0 Å². The van der Waals surface area contributed by atoms with Gasteiger partial charge in [-0.3, -0.25) is 19.3 Å². The molecule has 108 valence electrons. The molecule has 2 amide bonds. The van der Waals surface area contributed by atoms with Crippen molar-refractivity contribution in [1.82, 2.24) is 4.90 Å². The Morgan fingerprint density at radius 3 is 2.60 bits per heavy atom. The Labute approximate surface area is 119 Å². The summed E-state index contributed by atoms with van der Waals surface area (Å²) >= 11 is 0. The van der Waals surface area contributed by atoms with Crippen molar-refractivity contribution in [3.05, 3.63) is 11.1 Å². The van der Waals surface area contributed by atoms with Gasteiger partial charge in [-0.1, -0.05) is 12.5 Å². The Hall–Kier alpha value is -1.45. The second-order valence-electron chi connectivity index (χ2n) is 6.42. The largest absolute Gasteiger partial charge is 0.295 e. The van der Waals surface area contributed by atoms with Crippen LogP contribution in [0, 0.1) is 11.8 Å². The normalized spacial score (nSPS) is 31.6. The summed E-state index contributed by atoms with van der Waals surface area (Å²) in [6, 6.07) is 0. The fourth-order valence-electron chi connectivity index (χ4n) is 3.93. The van der Waals surface area contributed by atoms with Crippen molar-refractivity contribution in [1.29, 1.82) is 0 Å². The third kappa shape index (κ3) is 2.32. The van der Waals surface area contributed by atoms with Crippen LogP contribution in [0.25, 0.3) is 0 Å². The zero-order valence-electron chi connectivity index (χ0n) is 12.0. The van der Waals surface area contributed by atoms with Crippen LogP contribution < -0.4 is 0 Å². The molecule has 2 heterocycles. The Morgan fingerprint density at radius 2 is 1.80 bits per heavy atom. The third-order valence-electron chi connectivity index (χ3n) is 4.88. The molecule has 2 bridgehead atoms. The minimum atomic E-state index is -0.0593. The predicted molar refractivity (Wildman–Crippen MR) is 73.7 cm³/mol. The van der Waals surface area contributed by atoms with Gasteiger partial charge < -0.3 is 0 Å². The summed E-state index contributed by atoms with van der Waals surface area (Å²) in [6.45, 7) is 2.53. The maximum atomic E-state index is 12.3. The van der Waals surface area contributed by atoms with Crippen LogP contribution in [0.1, 0.15) is 51.9 Å². The topological polar surface area (TPSA) is 54.5 Å². The molecule has 20 heavy (non-hydrogen) atoms. The molecule has 3 aliphatic rings. The molecule has 0 N–H and O–H groups in total. The molecule has 2 aliphatic heterocycles. The molecule has 2 atom stereocenters. The van der Waals surface area contributed by atoms with Crippen LogP contribution in [-0.2, 0) is 14.4 Å². The van der Waals surface area contributed by atoms with Crippen LogP contribution in [0.15, 0.2) is 11.1 Å². The van der Waals surface area contributed by atoms with Crippen molar-refractivity contribution in [2.45, 2.75) is 51.9 Å². The molecule has 3 rings (SSSR count). The number of imide groups is 1. The molecule has 0 saturated carbocycles. The van der Waals surface area contributed by atoms with E-state index in [1.165, 1.54) is 10.5 Å². The van der Waals surface area contributed by atoms with Gasteiger partial charge in [0.15, 0.2) is 5.78 Å². The van der Waals surface area contributed by atoms with Gasteiger partial charge in [-0.15, -0.1) is 0 Å². The molecule has 0 aromatic rings. The molecule has 0 aromatic heterocycles. The van der Waals surface area contributed by atoms with E-state index in [9.17, 15) is 14.4 Å². The number of allylic oxidation sites excluding steroid dienone is 2. The monoisotopic (exact) mass is 275 g/mol. The van der Waals surface area contributed by atoms with Crippen LogP contribution in [-0.4, -0.2) is 29.0 Å². The highest BCUT2D eigenvalue weighted by Gasteiger charge is 2.36. The number of Topliss-reactive ketones (excluding diaryl/α,β-unsaturated/α-hetero) is 1. The first-order valence-corrected chi connectivity index (χ1v) is 7.64. The number of rotatable bonds is 0. The number of hydrogen-bond acceptors (Lipinski definition) is 3. The molecule has 1 fully saturated rings. The molecule has 1 aliphatic carbocycles. The molecule has 2 unspecified atom stereocenters. The Kier molecular flexibility index (Phi) is 3.48. The van der Waals surface area contributed by atoms with Gasteiger partial charge in [0.2, 0.25) is 11.8 Å². The minimum Gasteiger partial charge on any atom is -0.295 e. The highest BCUT2D eigenvalue weighted by molar-refractivity contribution is 6.00. The lowest BCUT2D eigenvalue weighted by Crippen LogP contribution is -2.38. The summed E-state index contributed by atoms with van der Waals surface area (Å²) in [5.74, 6) is 0.708. The Balaban J connectivity index is 2.00. The second-order valence-corrected chi connectivity index (χ2v) is 6.42. The zero-order valence-corrected chi connectivity index (χ0v) is 12.0. The maximum absolute atomic E-state index is 12.3. The summed E-state index contributed by atoms with van der Waals surface area (Å²) in [5, 5.41) is 0. The van der Waals surface area contributed by atoms with E-state index in [4.69, 9.17) is 0 Å². The van der Waals surface area contributed by atoms with E-state index in [-0.39, 0.29) is 29.4 Å². The number of nitrogens with zero attached hydrogens (tertiary/aromatic N) is 1. The van der Waals surface area contributed by atoms with E-state index >= 15 is 0 Å². The predicted octanol–water partition coefficient (Wildman–Crippen LogP) is 2.23. The van der Waals surface area contributed by atoms with Crippen LogP contribution in [0.2, 0.25) is 0 Å². The van der Waals surface area contributed by atoms with Crippen LogP contribution >= 0.6 is 0 Å². The van der Waals surface area contributed by atoms with Crippen LogP contribution in [0.4, 0.5) is 0 Å². The number of fused-ring (bicyclic) bond motifs is 3. The first kappa shape index (κ1) is 13.5. The molecule has 0 spiro atoms. The van der Waals surface area contributed by atoms with E-state index in [0.29, 0.717) is 32.2 Å².